The van der Waals surface area contributed by atoms with Gasteiger partial charge in [-0.2, -0.15) is 0 Å². The van der Waals surface area contributed by atoms with Crippen LogP contribution in [0, 0.1) is 0 Å². The molecule has 18 rings (SSSR count). The van der Waals surface area contributed by atoms with Crippen molar-refractivity contribution in [1.29, 1.82) is 0 Å². The van der Waals surface area contributed by atoms with Crippen LogP contribution in [-0.2, 0) is 16.2 Å². The minimum absolute atomic E-state index is 0.0679. The number of rotatable bonds is 11. The first kappa shape index (κ1) is 62.3. The maximum atomic E-state index is 7.74. The molecule has 102 heavy (non-hydrogen) atoms. The van der Waals surface area contributed by atoms with Crippen molar-refractivity contribution in [3.05, 3.63) is 326 Å². The number of hydrogen-bond donors (Lipinski definition) is 0. The van der Waals surface area contributed by atoms with E-state index in [1.807, 2.05) is 0 Å². The van der Waals surface area contributed by atoms with Crippen molar-refractivity contribution in [3.63, 3.8) is 0 Å². The molecule has 0 fully saturated rings. The summed E-state index contributed by atoms with van der Waals surface area (Å²) in [6, 6.07) is 114. The van der Waals surface area contributed by atoms with E-state index in [9.17, 15) is 0 Å². The third-order valence-electron chi connectivity index (χ3n) is 21.0. The highest BCUT2D eigenvalue weighted by Gasteiger charge is 2.47. The molecule has 0 aliphatic carbocycles. The fraction of sp³-hybridized carbons (Fsp3) is 0.128. The topological polar surface area (TPSA) is 42.5 Å². The summed E-state index contributed by atoms with van der Waals surface area (Å²) < 4.78 is 14.8. The van der Waals surface area contributed by atoms with Gasteiger partial charge in [-0.1, -0.05) is 238 Å². The Labute approximate surface area is 597 Å². The monoisotopic (exact) mass is 1320 g/mol. The van der Waals surface area contributed by atoms with Crippen molar-refractivity contribution >= 4 is 163 Å². The molecule has 4 heterocycles. The molecule has 0 unspecified atom stereocenters. The Morgan fingerprint density at radius 3 is 1.29 bits per heavy atom. The van der Waals surface area contributed by atoms with Crippen LogP contribution in [0.3, 0.4) is 0 Å². The Morgan fingerprint density at radius 1 is 0.284 bits per heavy atom. The van der Waals surface area contributed by atoms with E-state index in [1.54, 1.807) is 0 Å². The van der Waals surface area contributed by atoms with E-state index in [4.69, 9.17) is 8.83 Å². The first-order valence-corrected chi connectivity index (χ1v) is 35.7. The van der Waals surface area contributed by atoms with Gasteiger partial charge < -0.3 is 33.3 Å². The molecule has 494 valence electrons. The smallest absolute Gasteiger partial charge is 0.257 e. The second-order valence-electron chi connectivity index (χ2n) is 30.6. The van der Waals surface area contributed by atoms with Gasteiger partial charge in [-0.15, -0.1) is 0 Å². The van der Waals surface area contributed by atoms with Crippen molar-refractivity contribution in [3.8, 4) is 0 Å². The number of anilines is 15. The fourth-order valence-corrected chi connectivity index (χ4v) is 15.9. The molecule has 2 aliphatic rings. The van der Waals surface area contributed by atoms with Crippen molar-refractivity contribution in [1.82, 2.24) is 0 Å². The maximum Gasteiger partial charge on any atom is 0.257 e. The highest BCUT2D eigenvalue weighted by Crippen LogP contribution is 2.54. The minimum atomic E-state index is -0.388. The molecule has 0 radical (unpaired) electrons. The molecule has 0 saturated heterocycles. The van der Waals surface area contributed by atoms with Crippen LogP contribution in [0.15, 0.2) is 318 Å². The molecule has 16 aromatic rings. The quantitative estimate of drug-likeness (QED) is 0.120. The van der Waals surface area contributed by atoms with Gasteiger partial charge in [0.15, 0.2) is 5.58 Å². The number of furan rings is 2. The highest BCUT2D eigenvalue weighted by atomic mass is 16.3. The van der Waals surface area contributed by atoms with E-state index in [1.165, 1.54) is 22.1 Å². The van der Waals surface area contributed by atoms with Crippen LogP contribution in [0.2, 0.25) is 0 Å². The lowest BCUT2D eigenvalue weighted by atomic mass is 9.33. The average molecular weight is 1320 g/mol. The number of fused-ring (bicyclic) bond motifs is 12. The van der Waals surface area contributed by atoms with Crippen LogP contribution >= 0.6 is 0 Å². The Balaban J connectivity index is 1.00. The molecule has 2 aliphatic heterocycles. The summed E-state index contributed by atoms with van der Waals surface area (Å²) in [6.07, 6.45) is 0. The molecule has 14 aromatic carbocycles. The molecule has 0 spiro atoms. The van der Waals surface area contributed by atoms with Gasteiger partial charge in [0, 0.05) is 84.4 Å². The number of para-hydroxylation sites is 6. The van der Waals surface area contributed by atoms with Crippen molar-refractivity contribution in [2.45, 2.75) is 78.6 Å². The second kappa shape index (κ2) is 23.9. The predicted octanol–water partition coefficient (Wildman–Crippen LogP) is 25.0. The zero-order chi connectivity index (χ0) is 69.3. The van der Waals surface area contributed by atoms with Crippen molar-refractivity contribution in [2.75, 3.05) is 24.5 Å². The maximum absolute atomic E-state index is 7.74. The lowest BCUT2D eigenvalue weighted by Crippen LogP contribution is -2.61. The molecule has 0 saturated carbocycles. The molecule has 0 atom stereocenters. The normalized spacial score (nSPS) is 12.9. The third kappa shape index (κ3) is 10.4. The van der Waals surface area contributed by atoms with E-state index in [2.05, 4.69) is 396 Å². The molecule has 0 amide bonds. The molecular formula is C94H78BN5O2. The van der Waals surface area contributed by atoms with E-state index >= 15 is 0 Å². The SMILES string of the molecule is CC(C)(C)c1ccc(N2c3cc(N(c4ccc(C(C)(C)C)cc4)c4cccc5c4oc4ccccc45)ccc3B3c4c2cc(N(c2ccccc2)c2ccc5ccccc5c2)cc4N(c2ccc(C(C)(C)C)cc2)c2cc(N(c4ccccc4)c4ccccc4)c4c(oc5ccccc54)c23)cc1. The molecule has 0 bridgehead atoms. The highest BCUT2D eigenvalue weighted by molar-refractivity contribution is 7.01. The van der Waals surface area contributed by atoms with Crippen molar-refractivity contribution in [2.24, 2.45) is 0 Å². The van der Waals surface area contributed by atoms with Gasteiger partial charge in [-0.05, 0) is 194 Å². The summed E-state index contributed by atoms with van der Waals surface area (Å²) >= 11 is 0. The van der Waals surface area contributed by atoms with Gasteiger partial charge in [0.05, 0.1) is 22.4 Å². The van der Waals surface area contributed by atoms with Gasteiger partial charge in [0.2, 0.25) is 0 Å². The Morgan fingerprint density at radius 2 is 0.706 bits per heavy atom. The summed E-state index contributed by atoms with van der Waals surface area (Å²) in [5.74, 6) is 0. The van der Waals surface area contributed by atoms with Gasteiger partial charge in [0.1, 0.15) is 16.7 Å². The van der Waals surface area contributed by atoms with Crippen LogP contribution < -0.4 is 40.9 Å². The standard InChI is InChI=1S/C94H78BN5O2/c1-92(2,3)63-41-48-69(49-42-63)98(79-37-25-36-76-75-34-21-23-38-85(75)101-90(76)79)73-54-55-78-80(57-73)99(70-50-43-64(44-51-70)93(4,5)6)82-58-74(96(66-28-13-10-14-29-66)72-47-40-61-26-19-20-27-62(61)56-72)59-83-88(82)95(78)89-84(100(83)71-52-45-65(46-53-71)94(7,8)9)60-81(87-77-35-22-24-39-86(77)102-91(87)89)97(67-30-15-11-16-31-67)68-32-17-12-18-33-68/h10-60H,1-9H3. The van der Waals surface area contributed by atoms with Gasteiger partial charge in [-0.25, -0.2) is 0 Å². The summed E-state index contributed by atoms with van der Waals surface area (Å²) in [4.78, 5) is 12.4. The van der Waals surface area contributed by atoms with Crippen molar-refractivity contribution < 1.29 is 8.83 Å². The molecule has 2 aromatic heterocycles. The Bertz CT molecular complexity index is 5870. The number of hydrogen-bond acceptors (Lipinski definition) is 7. The second-order valence-corrected chi connectivity index (χ2v) is 30.6. The van der Waals surface area contributed by atoms with Crippen LogP contribution in [0.25, 0.3) is 54.6 Å². The number of nitrogens with zero attached hydrogens (tertiary/aromatic N) is 5. The molecule has 8 heteroatoms. The van der Waals surface area contributed by atoms with E-state index < -0.39 is 0 Å². The lowest BCUT2D eigenvalue weighted by Gasteiger charge is -2.45. The average Bonchev–Trinajstić information content (AvgIpc) is 1.05. The van der Waals surface area contributed by atoms with Gasteiger partial charge in [-0.3, -0.25) is 0 Å². The third-order valence-corrected chi connectivity index (χ3v) is 21.0. The van der Waals surface area contributed by atoms with E-state index in [0.29, 0.717) is 0 Å². The van der Waals surface area contributed by atoms with E-state index in [0.717, 1.165) is 151 Å². The number of benzene rings is 14. The van der Waals surface area contributed by atoms with Crippen LogP contribution in [-0.4, -0.2) is 6.71 Å². The molecule has 7 nitrogen and oxygen atoms in total. The molecular weight excluding hydrogens is 1240 g/mol. The Kier molecular flexibility index (Phi) is 14.6. The van der Waals surface area contributed by atoms with Crippen LogP contribution in [0.1, 0.15) is 79.0 Å². The van der Waals surface area contributed by atoms with Crippen LogP contribution in [0.5, 0.6) is 0 Å². The lowest BCUT2D eigenvalue weighted by molar-refractivity contribution is 0.590. The summed E-state index contributed by atoms with van der Waals surface area (Å²) in [5.41, 5.74) is 25.5. The predicted molar refractivity (Wildman–Crippen MR) is 433 cm³/mol. The summed E-state index contributed by atoms with van der Waals surface area (Å²) in [5, 5.41) is 6.56. The van der Waals surface area contributed by atoms with E-state index in [-0.39, 0.29) is 23.0 Å². The van der Waals surface area contributed by atoms with Gasteiger partial charge in [0.25, 0.3) is 6.71 Å². The minimum Gasteiger partial charge on any atom is -0.456 e. The fourth-order valence-electron chi connectivity index (χ4n) is 15.9. The summed E-state index contributed by atoms with van der Waals surface area (Å²) in [6.45, 7) is 20.3. The summed E-state index contributed by atoms with van der Waals surface area (Å²) in [7, 11) is 0. The van der Waals surface area contributed by atoms with Gasteiger partial charge >= 0.3 is 0 Å². The Hall–Kier alpha value is -12.0. The molecule has 0 N–H and O–H groups in total. The van der Waals surface area contributed by atoms with Crippen LogP contribution in [0.4, 0.5) is 85.3 Å². The zero-order valence-corrected chi connectivity index (χ0v) is 59.1. The largest absolute Gasteiger partial charge is 0.456 e. The first-order chi connectivity index (χ1) is 49.5. The first-order valence-electron chi connectivity index (χ1n) is 35.7. The zero-order valence-electron chi connectivity index (χ0n) is 59.1.